The van der Waals surface area contributed by atoms with Gasteiger partial charge in [-0.25, -0.2) is 9.48 Å². The second-order valence-electron chi connectivity index (χ2n) is 5.10. The number of benzene rings is 1. The van der Waals surface area contributed by atoms with E-state index < -0.39 is 0 Å². The molecule has 2 aromatic heterocycles. The van der Waals surface area contributed by atoms with Crippen molar-refractivity contribution in [2.45, 2.75) is 13.1 Å². The average molecular weight is 323 g/mol. The third-order valence-corrected chi connectivity index (χ3v) is 3.49. The zero-order chi connectivity index (χ0) is 16.8. The van der Waals surface area contributed by atoms with Crippen molar-refractivity contribution in [3.63, 3.8) is 0 Å². The normalized spacial score (nSPS) is 10.5. The molecular weight excluding hydrogens is 306 g/mol. The molecule has 0 aliphatic heterocycles. The van der Waals surface area contributed by atoms with Gasteiger partial charge in [0.1, 0.15) is 0 Å². The van der Waals surface area contributed by atoms with E-state index in [1.807, 2.05) is 30.3 Å². The van der Waals surface area contributed by atoms with Gasteiger partial charge in [0.2, 0.25) is 0 Å². The molecule has 0 aliphatic carbocycles. The lowest BCUT2D eigenvalue weighted by molar-refractivity contribution is 0.0601. The molecule has 0 atom stereocenters. The summed E-state index contributed by atoms with van der Waals surface area (Å²) in [6, 6.07) is 12.8. The average Bonchev–Trinajstić information content (AvgIpc) is 3.10. The number of hydrogen-bond acceptors (Lipinski definition) is 6. The molecule has 122 valence electrons. The summed E-state index contributed by atoms with van der Waals surface area (Å²) in [6.07, 6.45) is 3.48. The lowest BCUT2D eigenvalue weighted by Gasteiger charge is -2.08. The number of aromatic nitrogens is 4. The van der Waals surface area contributed by atoms with Gasteiger partial charge in [0, 0.05) is 19.3 Å². The van der Waals surface area contributed by atoms with Crippen LogP contribution in [0.5, 0.6) is 0 Å². The Balaban J connectivity index is 1.67. The summed E-state index contributed by atoms with van der Waals surface area (Å²) < 4.78 is 6.42. The molecule has 0 fully saturated rings. The van der Waals surface area contributed by atoms with E-state index in [1.165, 1.54) is 7.11 Å². The largest absolute Gasteiger partial charge is 0.465 e. The number of nitrogens with one attached hydrogen (secondary N) is 1. The molecule has 7 heteroatoms. The summed E-state index contributed by atoms with van der Waals surface area (Å²) in [5.41, 5.74) is 3.21. The molecule has 0 unspecified atom stereocenters. The first kappa shape index (κ1) is 15.8. The van der Waals surface area contributed by atoms with Crippen LogP contribution in [0.1, 0.15) is 21.7 Å². The summed E-state index contributed by atoms with van der Waals surface area (Å²) in [5.74, 6) is -0.364. The molecule has 0 spiro atoms. The number of nitrogens with zero attached hydrogens (tertiary/aromatic N) is 4. The van der Waals surface area contributed by atoms with E-state index in [0.29, 0.717) is 18.7 Å². The molecule has 3 aromatic rings. The monoisotopic (exact) mass is 323 g/mol. The van der Waals surface area contributed by atoms with Gasteiger partial charge in [-0.15, -0.1) is 5.10 Å². The van der Waals surface area contributed by atoms with E-state index in [2.05, 4.69) is 20.6 Å². The minimum Gasteiger partial charge on any atom is -0.465 e. The first-order valence-electron chi connectivity index (χ1n) is 7.47. The molecule has 3 rings (SSSR count). The maximum Gasteiger partial charge on any atom is 0.337 e. The Hall–Kier alpha value is -3.06. The van der Waals surface area contributed by atoms with Gasteiger partial charge in [0.25, 0.3) is 0 Å². The quantitative estimate of drug-likeness (QED) is 0.696. The van der Waals surface area contributed by atoms with Gasteiger partial charge in [-0.3, -0.25) is 4.98 Å². The second kappa shape index (κ2) is 7.47. The molecular formula is C17H17N5O2. The Bertz CT molecular complexity index is 799. The fraction of sp³-hybridized carbons (Fsp3) is 0.176. The van der Waals surface area contributed by atoms with Crippen LogP contribution in [0.3, 0.4) is 0 Å². The summed E-state index contributed by atoms with van der Waals surface area (Å²) in [6.45, 7) is 1.26. The van der Waals surface area contributed by atoms with E-state index in [0.717, 1.165) is 17.1 Å². The Kier molecular flexibility index (Phi) is 4.93. The lowest BCUT2D eigenvalue weighted by atomic mass is 10.2. The van der Waals surface area contributed by atoms with Gasteiger partial charge in [0.05, 0.1) is 35.9 Å². The number of carbonyl (C=O) groups is 1. The van der Waals surface area contributed by atoms with Gasteiger partial charge in [-0.2, -0.15) is 0 Å². The molecule has 1 N–H and O–H groups in total. The predicted molar refractivity (Wildman–Crippen MR) is 87.5 cm³/mol. The number of methoxy groups -OCH3 is 1. The van der Waals surface area contributed by atoms with Crippen LogP contribution < -0.4 is 5.32 Å². The van der Waals surface area contributed by atoms with Crippen LogP contribution in [-0.4, -0.2) is 33.1 Å². The molecule has 7 nitrogen and oxygen atoms in total. The van der Waals surface area contributed by atoms with Crippen molar-refractivity contribution < 1.29 is 9.53 Å². The maximum atomic E-state index is 11.5. The van der Waals surface area contributed by atoms with Crippen LogP contribution in [0.15, 0.2) is 54.9 Å². The highest BCUT2D eigenvalue weighted by Gasteiger charge is 2.09. The topological polar surface area (TPSA) is 81.9 Å². The summed E-state index contributed by atoms with van der Waals surface area (Å²) in [7, 11) is 1.36. The molecule has 0 aliphatic rings. The minimum absolute atomic E-state index is 0.364. The van der Waals surface area contributed by atoms with Gasteiger partial charge >= 0.3 is 5.97 Å². The number of rotatable bonds is 6. The lowest BCUT2D eigenvalue weighted by Crippen LogP contribution is -2.16. The second-order valence-corrected chi connectivity index (χ2v) is 5.10. The van der Waals surface area contributed by atoms with Crippen molar-refractivity contribution in [3.8, 4) is 5.69 Å². The van der Waals surface area contributed by atoms with Crippen LogP contribution in [0, 0.1) is 0 Å². The van der Waals surface area contributed by atoms with Crippen molar-refractivity contribution in [1.82, 2.24) is 25.3 Å². The SMILES string of the molecule is COC(=O)c1ccc(-n2nncc2CNCc2ccccn2)cc1. The highest BCUT2D eigenvalue weighted by atomic mass is 16.5. The van der Waals surface area contributed by atoms with E-state index >= 15 is 0 Å². The van der Waals surface area contributed by atoms with Crippen molar-refractivity contribution in [2.24, 2.45) is 0 Å². The Labute approximate surface area is 139 Å². The molecule has 0 bridgehead atoms. The fourth-order valence-electron chi connectivity index (χ4n) is 2.27. The molecule has 0 radical (unpaired) electrons. The van der Waals surface area contributed by atoms with Gasteiger partial charge in [-0.1, -0.05) is 11.3 Å². The van der Waals surface area contributed by atoms with Gasteiger partial charge in [-0.05, 0) is 36.4 Å². The standard InChI is InChI=1S/C17H17N5O2/c1-24-17(23)13-5-7-15(8-6-13)22-16(12-20-21-22)11-18-10-14-4-2-3-9-19-14/h2-9,12,18H,10-11H2,1H3. The third kappa shape index (κ3) is 3.64. The minimum atomic E-state index is -0.364. The van der Waals surface area contributed by atoms with Crippen LogP contribution in [0.25, 0.3) is 5.69 Å². The van der Waals surface area contributed by atoms with Crippen molar-refractivity contribution in [2.75, 3.05) is 7.11 Å². The number of hydrogen-bond donors (Lipinski definition) is 1. The van der Waals surface area contributed by atoms with Crippen LogP contribution in [-0.2, 0) is 17.8 Å². The van der Waals surface area contributed by atoms with Crippen molar-refractivity contribution >= 4 is 5.97 Å². The Morgan fingerprint density at radius 1 is 1.17 bits per heavy atom. The molecule has 24 heavy (non-hydrogen) atoms. The molecule has 0 saturated carbocycles. The number of ether oxygens (including phenoxy) is 1. The number of carbonyl (C=O) groups excluding carboxylic acids is 1. The van der Waals surface area contributed by atoms with Crippen LogP contribution in [0.2, 0.25) is 0 Å². The van der Waals surface area contributed by atoms with Crippen LogP contribution in [0.4, 0.5) is 0 Å². The molecule has 0 amide bonds. The number of pyridine rings is 1. The first-order chi connectivity index (χ1) is 11.8. The molecule has 0 saturated heterocycles. The van der Waals surface area contributed by atoms with Crippen LogP contribution >= 0.6 is 0 Å². The fourth-order valence-corrected chi connectivity index (χ4v) is 2.27. The van der Waals surface area contributed by atoms with Gasteiger partial charge < -0.3 is 10.1 Å². The van der Waals surface area contributed by atoms with Crippen molar-refractivity contribution in [1.29, 1.82) is 0 Å². The van der Waals surface area contributed by atoms with Gasteiger partial charge in [0.15, 0.2) is 0 Å². The Morgan fingerprint density at radius 3 is 2.71 bits per heavy atom. The van der Waals surface area contributed by atoms with E-state index in [9.17, 15) is 4.79 Å². The van der Waals surface area contributed by atoms with E-state index in [-0.39, 0.29) is 5.97 Å². The zero-order valence-corrected chi connectivity index (χ0v) is 13.2. The van der Waals surface area contributed by atoms with E-state index in [4.69, 9.17) is 4.74 Å². The molecule has 2 heterocycles. The highest BCUT2D eigenvalue weighted by Crippen LogP contribution is 2.12. The maximum absolute atomic E-state index is 11.5. The number of esters is 1. The summed E-state index contributed by atoms with van der Waals surface area (Å²) in [5, 5.41) is 11.4. The third-order valence-electron chi connectivity index (χ3n) is 3.49. The first-order valence-corrected chi connectivity index (χ1v) is 7.47. The Morgan fingerprint density at radius 2 is 2.00 bits per heavy atom. The van der Waals surface area contributed by atoms with E-state index in [1.54, 1.807) is 29.2 Å². The summed E-state index contributed by atoms with van der Waals surface area (Å²) in [4.78, 5) is 15.7. The summed E-state index contributed by atoms with van der Waals surface area (Å²) >= 11 is 0. The zero-order valence-electron chi connectivity index (χ0n) is 13.2. The molecule has 1 aromatic carbocycles. The highest BCUT2D eigenvalue weighted by molar-refractivity contribution is 5.89. The van der Waals surface area contributed by atoms with Crippen molar-refractivity contribution in [3.05, 3.63) is 71.8 Å². The predicted octanol–water partition coefficient (Wildman–Crippen LogP) is 1.74. The smallest absolute Gasteiger partial charge is 0.337 e.